The lowest BCUT2D eigenvalue weighted by Gasteiger charge is -2.21. The summed E-state index contributed by atoms with van der Waals surface area (Å²) in [6.07, 6.45) is 0.677. The van der Waals surface area contributed by atoms with Crippen molar-refractivity contribution in [1.82, 2.24) is 15.4 Å². The molecule has 8 nitrogen and oxygen atoms in total. The average Bonchev–Trinajstić information content (AvgIpc) is 3.28. The largest absolute Gasteiger partial charge is 0.497 e. The molecule has 1 N–H and O–H groups in total. The molecule has 3 aromatic rings. The van der Waals surface area contributed by atoms with Crippen LogP contribution >= 0.6 is 0 Å². The Morgan fingerprint density at radius 1 is 1.00 bits per heavy atom. The third kappa shape index (κ3) is 6.68. The van der Waals surface area contributed by atoms with Crippen LogP contribution in [0.1, 0.15) is 27.4 Å². The minimum atomic E-state index is -0.327. The Balaban J connectivity index is 1.55. The van der Waals surface area contributed by atoms with Gasteiger partial charge < -0.3 is 24.2 Å². The molecule has 2 aromatic carbocycles. The Hall–Kier alpha value is -3.65. The molecular weight excluding hydrogens is 410 g/mol. The number of rotatable bonds is 11. The summed E-state index contributed by atoms with van der Waals surface area (Å²) in [5, 5.41) is 6.69. The van der Waals surface area contributed by atoms with Gasteiger partial charge in [-0.15, -0.1) is 0 Å². The average molecular weight is 437 g/mol. The van der Waals surface area contributed by atoms with Gasteiger partial charge in [0.25, 0.3) is 5.91 Å². The van der Waals surface area contributed by atoms with Gasteiger partial charge in [-0.05, 0) is 29.7 Å². The molecule has 0 bridgehead atoms. The summed E-state index contributed by atoms with van der Waals surface area (Å²) in [6, 6.07) is 18.9. The zero-order valence-corrected chi connectivity index (χ0v) is 18.2. The minimum absolute atomic E-state index is 0.0420. The summed E-state index contributed by atoms with van der Waals surface area (Å²) in [7, 11) is 3.09. The number of amides is 2. The first-order chi connectivity index (χ1) is 15.6. The van der Waals surface area contributed by atoms with E-state index in [9.17, 15) is 9.59 Å². The molecule has 1 aromatic heterocycles. The Labute approximate surface area is 187 Å². The highest BCUT2D eigenvalue weighted by molar-refractivity contribution is 5.92. The monoisotopic (exact) mass is 437 g/mol. The van der Waals surface area contributed by atoms with Crippen LogP contribution in [-0.2, 0) is 29.0 Å². The summed E-state index contributed by atoms with van der Waals surface area (Å²) in [5.41, 5.74) is 2.24. The number of methoxy groups -OCH3 is 2. The van der Waals surface area contributed by atoms with E-state index >= 15 is 0 Å². The van der Waals surface area contributed by atoms with Gasteiger partial charge >= 0.3 is 0 Å². The van der Waals surface area contributed by atoms with E-state index in [-0.39, 0.29) is 30.7 Å². The molecule has 32 heavy (non-hydrogen) atoms. The molecule has 1 heterocycles. The maximum Gasteiger partial charge on any atom is 0.273 e. The molecule has 8 heteroatoms. The zero-order valence-electron chi connectivity index (χ0n) is 18.2. The van der Waals surface area contributed by atoms with Crippen LogP contribution in [0.25, 0.3) is 0 Å². The van der Waals surface area contributed by atoms with Crippen molar-refractivity contribution in [3.8, 4) is 5.75 Å². The van der Waals surface area contributed by atoms with Crippen LogP contribution in [0.15, 0.2) is 65.2 Å². The molecule has 0 fully saturated rings. The number of ether oxygens (including phenoxy) is 2. The first kappa shape index (κ1) is 23.0. The highest BCUT2D eigenvalue weighted by Crippen LogP contribution is 2.13. The van der Waals surface area contributed by atoms with Gasteiger partial charge in [0.15, 0.2) is 11.5 Å². The molecular formula is C24H27N3O5. The van der Waals surface area contributed by atoms with Crippen LogP contribution in [0, 0.1) is 0 Å². The van der Waals surface area contributed by atoms with Gasteiger partial charge in [0, 0.05) is 26.3 Å². The number of nitrogens with zero attached hydrogens (tertiary/aromatic N) is 2. The minimum Gasteiger partial charge on any atom is -0.497 e. The van der Waals surface area contributed by atoms with Crippen LogP contribution in [0.3, 0.4) is 0 Å². The van der Waals surface area contributed by atoms with E-state index in [4.69, 9.17) is 14.0 Å². The second kappa shape index (κ2) is 11.7. The lowest BCUT2D eigenvalue weighted by Crippen LogP contribution is -2.32. The zero-order chi connectivity index (χ0) is 22.8. The number of carbonyl (C=O) groups excluding carboxylic acids is 2. The molecule has 3 rings (SSSR count). The smallest absolute Gasteiger partial charge is 0.273 e. The van der Waals surface area contributed by atoms with Crippen molar-refractivity contribution in [2.45, 2.75) is 19.5 Å². The molecule has 0 radical (unpaired) electrons. The van der Waals surface area contributed by atoms with Gasteiger partial charge in [-0.1, -0.05) is 47.6 Å². The number of carbonyl (C=O) groups is 2. The van der Waals surface area contributed by atoms with Crippen LogP contribution in [0.4, 0.5) is 0 Å². The first-order valence-electron chi connectivity index (χ1n) is 10.3. The standard InChI is InChI=1S/C24H27N3O5/c1-30-17-23(28)27(15-19-6-4-3-5-7-19)16-21-14-22(26-32-21)24(29)25-13-12-18-8-10-20(31-2)11-9-18/h3-11,14H,12-13,15-17H2,1-2H3,(H,25,29). The van der Waals surface area contributed by atoms with Crippen LogP contribution in [0.2, 0.25) is 0 Å². The van der Waals surface area contributed by atoms with E-state index in [0.717, 1.165) is 16.9 Å². The quantitative estimate of drug-likeness (QED) is 0.496. The van der Waals surface area contributed by atoms with Gasteiger partial charge in [0.1, 0.15) is 12.4 Å². The van der Waals surface area contributed by atoms with E-state index in [2.05, 4.69) is 10.5 Å². The van der Waals surface area contributed by atoms with Gasteiger partial charge in [0.05, 0.1) is 13.7 Å². The predicted octanol–water partition coefficient (Wildman–Crippen LogP) is 2.83. The first-order valence-corrected chi connectivity index (χ1v) is 10.3. The lowest BCUT2D eigenvalue weighted by molar-refractivity contribution is -0.136. The van der Waals surface area contributed by atoms with Gasteiger partial charge in [-0.2, -0.15) is 0 Å². The molecule has 0 unspecified atom stereocenters. The molecule has 0 aliphatic heterocycles. The van der Waals surface area contributed by atoms with Crippen molar-refractivity contribution >= 4 is 11.8 Å². The van der Waals surface area contributed by atoms with Crippen LogP contribution in [-0.4, -0.2) is 49.2 Å². The van der Waals surface area contributed by atoms with Gasteiger partial charge in [0.2, 0.25) is 5.91 Å². The topological polar surface area (TPSA) is 93.9 Å². The van der Waals surface area contributed by atoms with Crippen molar-refractivity contribution in [2.24, 2.45) is 0 Å². The normalized spacial score (nSPS) is 10.6. The SMILES string of the molecule is COCC(=O)N(Cc1ccccc1)Cc1cc(C(=O)NCCc2ccc(OC)cc2)no1. The van der Waals surface area contributed by atoms with E-state index in [1.165, 1.54) is 7.11 Å². The summed E-state index contributed by atoms with van der Waals surface area (Å²) in [5.74, 6) is 0.702. The summed E-state index contributed by atoms with van der Waals surface area (Å²) in [6.45, 7) is 0.996. The molecule has 0 aliphatic carbocycles. The van der Waals surface area contributed by atoms with E-state index < -0.39 is 0 Å². The Kier molecular flexibility index (Phi) is 8.39. The van der Waals surface area contributed by atoms with E-state index in [1.54, 1.807) is 18.1 Å². The number of benzene rings is 2. The lowest BCUT2D eigenvalue weighted by atomic mass is 10.1. The van der Waals surface area contributed by atoms with Crippen molar-refractivity contribution < 1.29 is 23.6 Å². The maximum atomic E-state index is 12.5. The van der Waals surface area contributed by atoms with Gasteiger partial charge in [-0.25, -0.2) is 0 Å². The third-order valence-corrected chi connectivity index (χ3v) is 4.83. The molecule has 168 valence electrons. The van der Waals surface area contributed by atoms with E-state index in [1.807, 2.05) is 54.6 Å². The molecule has 2 amide bonds. The summed E-state index contributed by atoms with van der Waals surface area (Å²) in [4.78, 5) is 26.5. The summed E-state index contributed by atoms with van der Waals surface area (Å²) >= 11 is 0. The molecule has 0 saturated heterocycles. The maximum absolute atomic E-state index is 12.5. The Bertz CT molecular complexity index is 1000. The fourth-order valence-electron chi connectivity index (χ4n) is 3.14. The van der Waals surface area contributed by atoms with E-state index in [0.29, 0.717) is 25.3 Å². The van der Waals surface area contributed by atoms with Crippen molar-refractivity contribution in [3.63, 3.8) is 0 Å². The van der Waals surface area contributed by atoms with Gasteiger partial charge in [-0.3, -0.25) is 9.59 Å². The van der Waals surface area contributed by atoms with Crippen molar-refractivity contribution in [1.29, 1.82) is 0 Å². The molecule has 0 aliphatic rings. The second-order valence-electron chi connectivity index (χ2n) is 7.20. The Morgan fingerprint density at radius 3 is 2.44 bits per heavy atom. The fourth-order valence-corrected chi connectivity index (χ4v) is 3.14. The van der Waals surface area contributed by atoms with Crippen molar-refractivity contribution in [3.05, 3.63) is 83.2 Å². The van der Waals surface area contributed by atoms with Crippen LogP contribution < -0.4 is 10.1 Å². The number of hydrogen-bond acceptors (Lipinski definition) is 6. The predicted molar refractivity (Wildman–Crippen MR) is 118 cm³/mol. The molecule has 0 spiro atoms. The number of hydrogen-bond donors (Lipinski definition) is 1. The second-order valence-corrected chi connectivity index (χ2v) is 7.20. The number of nitrogens with one attached hydrogen (secondary N) is 1. The highest BCUT2D eigenvalue weighted by Gasteiger charge is 2.19. The molecule has 0 saturated carbocycles. The Morgan fingerprint density at radius 2 is 1.75 bits per heavy atom. The van der Waals surface area contributed by atoms with Crippen LogP contribution in [0.5, 0.6) is 5.75 Å². The van der Waals surface area contributed by atoms with Crippen molar-refractivity contribution in [2.75, 3.05) is 27.4 Å². The fraction of sp³-hybridized carbons (Fsp3) is 0.292. The summed E-state index contributed by atoms with van der Waals surface area (Å²) < 4.78 is 15.4. The highest BCUT2D eigenvalue weighted by atomic mass is 16.5. The third-order valence-electron chi connectivity index (χ3n) is 4.83. The number of aromatic nitrogens is 1. The molecule has 0 atom stereocenters.